The summed E-state index contributed by atoms with van der Waals surface area (Å²) in [6.07, 6.45) is 3.35. The first-order valence-corrected chi connectivity index (χ1v) is 6.16. The van der Waals surface area contributed by atoms with Crippen LogP contribution in [0.5, 0.6) is 0 Å². The van der Waals surface area contributed by atoms with Crippen LogP contribution in [0.4, 0.5) is 0 Å². The number of hydrogen-bond donors (Lipinski definition) is 0. The molecule has 0 radical (unpaired) electrons. The summed E-state index contributed by atoms with van der Waals surface area (Å²) in [5.74, 6) is 0.926. The van der Waals surface area contributed by atoms with Crippen LogP contribution in [0.3, 0.4) is 0 Å². The highest BCUT2D eigenvalue weighted by Crippen LogP contribution is 2.53. The highest BCUT2D eigenvalue weighted by molar-refractivity contribution is 5.27. The van der Waals surface area contributed by atoms with Crippen molar-refractivity contribution in [2.75, 3.05) is 0 Å². The Kier molecular flexibility index (Phi) is 3.01. The quantitative estimate of drug-likeness (QED) is 0.741. The lowest BCUT2D eigenvalue weighted by molar-refractivity contribution is 0.136. The maximum absolute atomic E-state index is 9.47. The Morgan fingerprint density at radius 2 is 1.81 bits per heavy atom. The maximum atomic E-state index is 9.47. The Bertz CT molecular complexity index is 382. The van der Waals surface area contributed by atoms with Gasteiger partial charge >= 0.3 is 0 Å². The molecule has 0 heterocycles. The molecule has 0 aliphatic heterocycles. The largest absolute Gasteiger partial charge is 0.198 e. The molecule has 0 spiro atoms. The van der Waals surface area contributed by atoms with Gasteiger partial charge in [-0.3, -0.25) is 0 Å². The molecular formula is C15H19N. The number of hydrogen-bond acceptors (Lipinski definition) is 1. The summed E-state index contributed by atoms with van der Waals surface area (Å²) in [6.45, 7) is 4.46. The molecule has 1 aliphatic rings. The standard InChI is InChI=1S/C15H19N/c1-12(2)14(13-7-4-3-5-8-13)15(11-16)9-6-10-15/h3-5,7-8,12,14H,6,9-10H2,1-2H3. The molecule has 1 nitrogen and oxygen atoms in total. The van der Waals surface area contributed by atoms with E-state index in [0.717, 1.165) is 12.8 Å². The third-order valence-corrected chi connectivity index (χ3v) is 3.89. The molecule has 1 heteroatoms. The fourth-order valence-corrected chi connectivity index (χ4v) is 3.05. The van der Waals surface area contributed by atoms with E-state index in [-0.39, 0.29) is 5.41 Å². The Morgan fingerprint density at radius 1 is 1.19 bits per heavy atom. The second-order valence-electron chi connectivity index (χ2n) is 5.25. The van der Waals surface area contributed by atoms with Gasteiger partial charge in [0, 0.05) is 5.92 Å². The second-order valence-corrected chi connectivity index (χ2v) is 5.25. The molecule has 1 aliphatic carbocycles. The van der Waals surface area contributed by atoms with Crippen LogP contribution in [0.15, 0.2) is 30.3 Å². The minimum absolute atomic E-state index is 0.0878. The third-order valence-electron chi connectivity index (χ3n) is 3.89. The van der Waals surface area contributed by atoms with E-state index >= 15 is 0 Å². The monoisotopic (exact) mass is 213 g/mol. The van der Waals surface area contributed by atoms with E-state index in [1.807, 2.05) is 6.07 Å². The number of benzene rings is 1. The van der Waals surface area contributed by atoms with Crippen molar-refractivity contribution in [2.24, 2.45) is 11.3 Å². The van der Waals surface area contributed by atoms with Gasteiger partial charge in [0.05, 0.1) is 11.5 Å². The Balaban J connectivity index is 2.36. The van der Waals surface area contributed by atoms with E-state index in [1.54, 1.807) is 0 Å². The SMILES string of the molecule is CC(C)C(c1ccccc1)C1(C#N)CCC1. The van der Waals surface area contributed by atoms with E-state index < -0.39 is 0 Å². The van der Waals surface area contributed by atoms with Crippen molar-refractivity contribution in [1.29, 1.82) is 5.26 Å². The van der Waals surface area contributed by atoms with Crippen LogP contribution in [0.2, 0.25) is 0 Å². The van der Waals surface area contributed by atoms with E-state index in [4.69, 9.17) is 0 Å². The highest BCUT2D eigenvalue weighted by atomic mass is 14.5. The minimum Gasteiger partial charge on any atom is -0.198 e. The molecule has 1 atom stereocenters. The molecule has 1 aromatic carbocycles. The maximum Gasteiger partial charge on any atom is 0.0696 e. The summed E-state index contributed by atoms with van der Waals surface area (Å²) in [4.78, 5) is 0. The van der Waals surface area contributed by atoms with E-state index in [9.17, 15) is 5.26 Å². The van der Waals surface area contributed by atoms with Gasteiger partial charge in [-0.15, -0.1) is 0 Å². The van der Waals surface area contributed by atoms with Gasteiger partial charge in [0.25, 0.3) is 0 Å². The van der Waals surface area contributed by atoms with Crippen molar-refractivity contribution in [2.45, 2.75) is 39.0 Å². The van der Waals surface area contributed by atoms with Gasteiger partial charge in [0.1, 0.15) is 0 Å². The van der Waals surface area contributed by atoms with Crippen molar-refractivity contribution in [3.63, 3.8) is 0 Å². The second kappa shape index (κ2) is 4.29. The number of nitrogens with zero attached hydrogens (tertiary/aromatic N) is 1. The van der Waals surface area contributed by atoms with Crippen LogP contribution >= 0.6 is 0 Å². The molecule has 1 unspecified atom stereocenters. The van der Waals surface area contributed by atoms with Crippen LogP contribution in [-0.2, 0) is 0 Å². The number of nitriles is 1. The van der Waals surface area contributed by atoms with Crippen LogP contribution in [-0.4, -0.2) is 0 Å². The van der Waals surface area contributed by atoms with Gasteiger partial charge in [0.2, 0.25) is 0 Å². The number of rotatable bonds is 3. The molecule has 0 aromatic heterocycles. The average Bonchev–Trinajstić information content (AvgIpc) is 2.24. The van der Waals surface area contributed by atoms with Crippen molar-refractivity contribution in [3.8, 4) is 6.07 Å². The average molecular weight is 213 g/mol. The molecule has 1 fully saturated rings. The van der Waals surface area contributed by atoms with Crippen molar-refractivity contribution < 1.29 is 0 Å². The molecule has 2 rings (SSSR count). The molecule has 0 bridgehead atoms. The van der Waals surface area contributed by atoms with Gasteiger partial charge in [-0.25, -0.2) is 0 Å². The van der Waals surface area contributed by atoms with Crippen molar-refractivity contribution in [3.05, 3.63) is 35.9 Å². The minimum atomic E-state index is -0.0878. The normalized spacial score (nSPS) is 19.9. The molecule has 1 saturated carbocycles. The summed E-state index contributed by atoms with van der Waals surface area (Å²) >= 11 is 0. The van der Waals surface area contributed by atoms with Gasteiger partial charge in [-0.2, -0.15) is 5.26 Å². The zero-order valence-corrected chi connectivity index (χ0v) is 10.1. The molecule has 0 N–H and O–H groups in total. The zero-order chi connectivity index (χ0) is 11.6. The summed E-state index contributed by atoms with van der Waals surface area (Å²) in [6, 6.07) is 13.1. The first-order chi connectivity index (χ1) is 7.69. The highest BCUT2D eigenvalue weighted by Gasteiger charge is 2.46. The van der Waals surface area contributed by atoms with Gasteiger partial charge < -0.3 is 0 Å². The van der Waals surface area contributed by atoms with Crippen LogP contribution in [0.25, 0.3) is 0 Å². The predicted octanol–water partition coefficient (Wildman–Crippen LogP) is 4.12. The van der Waals surface area contributed by atoms with Crippen LogP contribution < -0.4 is 0 Å². The van der Waals surface area contributed by atoms with Crippen LogP contribution in [0.1, 0.15) is 44.6 Å². The molecule has 84 valence electrons. The smallest absolute Gasteiger partial charge is 0.0696 e. The lowest BCUT2D eigenvalue weighted by atomic mass is 9.57. The lowest BCUT2D eigenvalue weighted by Crippen LogP contribution is -2.37. The zero-order valence-electron chi connectivity index (χ0n) is 10.1. The first kappa shape index (κ1) is 11.2. The Labute approximate surface area is 98.1 Å². The fourth-order valence-electron chi connectivity index (χ4n) is 3.05. The lowest BCUT2D eigenvalue weighted by Gasteiger charge is -2.44. The van der Waals surface area contributed by atoms with E-state index in [2.05, 4.69) is 44.2 Å². The first-order valence-electron chi connectivity index (χ1n) is 6.16. The summed E-state index contributed by atoms with van der Waals surface area (Å²) < 4.78 is 0. The molecular weight excluding hydrogens is 194 g/mol. The molecule has 16 heavy (non-hydrogen) atoms. The molecule has 1 aromatic rings. The fraction of sp³-hybridized carbons (Fsp3) is 0.533. The third kappa shape index (κ3) is 1.73. The topological polar surface area (TPSA) is 23.8 Å². The van der Waals surface area contributed by atoms with E-state index in [1.165, 1.54) is 12.0 Å². The Hall–Kier alpha value is -1.29. The van der Waals surface area contributed by atoms with Gasteiger partial charge in [-0.05, 0) is 24.3 Å². The van der Waals surface area contributed by atoms with Crippen molar-refractivity contribution >= 4 is 0 Å². The summed E-state index contributed by atoms with van der Waals surface area (Å²) in [5, 5.41) is 9.47. The molecule has 0 amide bonds. The van der Waals surface area contributed by atoms with Gasteiger partial charge in [-0.1, -0.05) is 50.6 Å². The predicted molar refractivity (Wildman–Crippen MR) is 65.9 cm³/mol. The van der Waals surface area contributed by atoms with Gasteiger partial charge in [0.15, 0.2) is 0 Å². The summed E-state index contributed by atoms with van der Waals surface area (Å²) in [5.41, 5.74) is 1.24. The Morgan fingerprint density at radius 3 is 2.19 bits per heavy atom. The molecule has 0 saturated heterocycles. The summed E-state index contributed by atoms with van der Waals surface area (Å²) in [7, 11) is 0. The van der Waals surface area contributed by atoms with Crippen LogP contribution in [0, 0.1) is 22.7 Å². The van der Waals surface area contributed by atoms with E-state index in [0.29, 0.717) is 11.8 Å². The van der Waals surface area contributed by atoms with Crippen molar-refractivity contribution in [1.82, 2.24) is 0 Å².